The molecule has 0 bridgehead atoms. The van der Waals surface area contributed by atoms with Gasteiger partial charge in [-0.3, -0.25) is 0 Å². The number of hydrogen-bond donors (Lipinski definition) is 1. The summed E-state index contributed by atoms with van der Waals surface area (Å²) in [6, 6.07) is 5.31. The predicted molar refractivity (Wildman–Crippen MR) is 97.2 cm³/mol. The van der Waals surface area contributed by atoms with Crippen LogP contribution in [0.2, 0.25) is 5.02 Å². The van der Waals surface area contributed by atoms with Crippen molar-refractivity contribution in [3.8, 4) is 5.75 Å². The number of anilines is 3. The fourth-order valence-electron chi connectivity index (χ4n) is 3.26. The third-order valence-corrected chi connectivity index (χ3v) is 4.85. The molecule has 0 unspecified atom stereocenters. The molecule has 1 N–H and O–H groups in total. The van der Waals surface area contributed by atoms with Gasteiger partial charge in [0.2, 0.25) is 5.95 Å². The van der Waals surface area contributed by atoms with Gasteiger partial charge in [-0.25, -0.2) is 0 Å². The Balaban J connectivity index is 1.48. The molecule has 3 heterocycles. The zero-order valence-corrected chi connectivity index (χ0v) is 15.2. The van der Waals surface area contributed by atoms with E-state index in [1.807, 2.05) is 0 Å². The molecule has 8 nitrogen and oxygen atoms in total. The first-order chi connectivity index (χ1) is 12.7. The lowest BCUT2D eigenvalue weighted by Crippen LogP contribution is -2.45. The molecule has 2 aromatic rings. The highest BCUT2D eigenvalue weighted by Crippen LogP contribution is 2.33. The van der Waals surface area contributed by atoms with E-state index < -0.39 is 5.79 Å². The monoisotopic (exact) mass is 377 g/mol. The number of methoxy groups -OCH3 is 1. The number of ether oxygens (including phenoxy) is 3. The van der Waals surface area contributed by atoms with Gasteiger partial charge in [0.05, 0.1) is 32.2 Å². The molecule has 9 heteroatoms. The lowest BCUT2D eigenvalue weighted by Gasteiger charge is -2.37. The fraction of sp³-hybridized carbons (Fsp3) is 0.471. The number of nitrogens with zero attached hydrogens (tertiary/aromatic N) is 4. The van der Waals surface area contributed by atoms with Gasteiger partial charge in [0.25, 0.3) is 0 Å². The van der Waals surface area contributed by atoms with Crippen molar-refractivity contribution in [2.75, 3.05) is 43.6 Å². The summed E-state index contributed by atoms with van der Waals surface area (Å²) in [4.78, 5) is 6.73. The molecule has 26 heavy (non-hydrogen) atoms. The van der Waals surface area contributed by atoms with Crippen molar-refractivity contribution in [3.63, 3.8) is 0 Å². The molecule has 2 aliphatic rings. The molecule has 2 saturated heterocycles. The third-order valence-electron chi connectivity index (χ3n) is 4.62. The Morgan fingerprint density at radius 2 is 2.00 bits per heavy atom. The summed E-state index contributed by atoms with van der Waals surface area (Å²) in [5, 5.41) is 11.8. The maximum Gasteiger partial charge on any atom is 0.249 e. The summed E-state index contributed by atoms with van der Waals surface area (Å²) in [5.74, 6) is 1.39. The van der Waals surface area contributed by atoms with Crippen molar-refractivity contribution in [1.29, 1.82) is 0 Å². The number of aromatic nitrogens is 3. The number of benzene rings is 1. The summed E-state index contributed by atoms with van der Waals surface area (Å²) in [6.07, 6.45) is 3.28. The number of nitrogens with one attached hydrogen (secondary N) is 1. The average molecular weight is 378 g/mol. The normalized spacial score (nSPS) is 18.9. The summed E-state index contributed by atoms with van der Waals surface area (Å²) < 4.78 is 16.9. The van der Waals surface area contributed by atoms with E-state index in [2.05, 4.69) is 25.4 Å². The Labute approximate surface area is 156 Å². The van der Waals surface area contributed by atoms with E-state index in [0.717, 1.165) is 31.7 Å². The van der Waals surface area contributed by atoms with Crippen LogP contribution in [0, 0.1) is 0 Å². The first kappa shape index (κ1) is 17.3. The minimum atomic E-state index is -0.411. The number of halogens is 1. The summed E-state index contributed by atoms with van der Waals surface area (Å²) >= 11 is 6.07. The summed E-state index contributed by atoms with van der Waals surface area (Å²) in [7, 11) is 1.60. The van der Waals surface area contributed by atoms with Crippen molar-refractivity contribution in [2.45, 2.75) is 18.6 Å². The van der Waals surface area contributed by atoms with E-state index in [9.17, 15) is 0 Å². The van der Waals surface area contributed by atoms with Crippen LogP contribution in [0.3, 0.4) is 0 Å². The Bertz CT molecular complexity index is 775. The van der Waals surface area contributed by atoms with Gasteiger partial charge < -0.3 is 24.4 Å². The van der Waals surface area contributed by atoms with E-state index in [0.29, 0.717) is 35.6 Å². The minimum Gasteiger partial charge on any atom is -0.495 e. The quantitative estimate of drug-likeness (QED) is 0.870. The molecular formula is C17H20ClN5O3. The average Bonchev–Trinajstić information content (AvgIpc) is 3.11. The van der Waals surface area contributed by atoms with Crippen LogP contribution >= 0.6 is 11.6 Å². The maximum absolute atomic E-state index is 6.07. The van der Waals surface area contributed by atoms with Crippen LogP contribution in [0.5, 0.6) is 5.75 Å². The van der Waals surface area contributed by atoms with Gasteiger partial charge in [-0.15, -0.1) is 5.10 Å². The maximum atomic E-state index is 6.07. The lowest BCUT2D eigenvalue weighted by atomic mass is 10.0. The van der Waals surface area contributed by atoms with E-state index in [1.54, 1.807) is 31.5 Å². The number of hydrogen-bond acceptors (Lipinski definition) is 8. The van der Waals surface area contributed by atoms with Crippen molar-refractivity contribution in [1.82, 2.24) is 15.2 Å². The molecule has 4 rings (SSSR count). The molecule has 1 aromatic heterocycles. The van der Waals surface area contributed by atoms with Gasteiger partial charge in [0.15, 0.2) is 11.6 Å². The van der Waals surface area contributed by atoms with Crippen LogP contribution in [0.1, 0.15) is 12.8 Å². The van der Waals surface area contributed by atoms with E-state index >= 15 is 0 Å². The molecule has 138 valence electrons. The van der Waals surface area contributed by atoms with E-state index in [4.69, 9.17) is 25.8 Å². The second kappa shape index (κ2) is 7.22. The predicted octanol–water partition coefficient (Wildman–Crippen LogP) is 2.62. The minimum absolute atomic E-state index is 0.386. The summed E-state index contributed by atoms with van der Waals surface area (Å²) in [6.45, 7) is 2.92. The summed E-state index contributed by atoms with van der Waals surface area (Å²) in [5.41, 5.74) is 0.685. The molecule has 0 aliphatic carbocycles. The molecule has 1 spiro atoms. The van der Waals surface area contributed by atoms with Gasteiger partial charge in [0.1, 0.15) is 5.75 Å². The Morgan fingerprint density at radius 1 is 1.23 bits per heavy atom. The zero-order valence-electron chi connectivity index (χ0n) is 14.4. The van der Waals surface area contributed by atoms with Gasteiger partial charge in [-0.2, -0.15) is 10.1 Å². The molecule has 0 atom stereocenters. The Kier molecular flexibility index (Phi) is 4.80. The molecule has 1 aromatic carbocycles. The second-order valence-corrected chi connectivity index (χ2v) is 6.64. The van der Waals surface area contributed by atoms with Crippen LogP contribution in [0.15, 0.2) is 24.4 Å². The van der Waals surface area contributed by atoms with Crippen molar-refractivity contribution >= 4 is 29.1 Å². The van der Waals surface area contributed by atoms with Gasteiger partial charge in [0, 0.05) is 31.0 Å². The van der Waals surface area contributed by atoms with Gasteiger partial charge in [-0.1, -0.05) is 11.6 Å². The molecular weight excluding hydrogens is 358 g/mol. The molecule has 2 aliphatic heterocycles. The molecule has 0 amide bonds. The first-order valence-electron chi connectivity index (χ1n) is 8.51. The topological polar surface area (TPSA) is 81.6 Å². The molecule has 0 saturated carbocycles. The third kappa shape index (κ3) is 3.53. The van der Waals surface area contributed by atoms with Gasteiger partial charge >= 0.3 is 0 Å². The van der Waals surface area contributed by atoms with Crippen LogP contribution in [0.4, 0.5) is 17.5 Å². The number of piperidine rings is 1. The Morgan fingerprint density at radius 3 is 2.73 bits per heavy atom. The smallest absolute Gasteiger partial charge is 0.249 e. The lowest BCUT2D eigenvalue weighted by molar-refractivity contribution is -0.169. The van der Waals surface area contributed by atoms with E-state index in [1.165, 1.54) is 0 Å². The number of rotatable bonds is 4. The highest BCUT2D eigenvalue weighted by atomic mass is 35.5. The zero-order chi connectivity index (χ0) is 18.0. The first-order valence-corrected chi connectivity index (χ1v) is 8.88. The van der Waals surface area contributed by atoms with Crippen molar-refractivity contribution in [3.05, 3.63) is 29.4 Å². The fourth-order valence-corrected chi connectivity index (χ4v) is 3.43. The highest BCUT2D eigenvalue weighted by molar-refractivity contribution is 6.30. The van der Waals surface area contributed by atoms with Crippen molar-refractivity contribution < 1.29 is 14.2 Å². The van der Waals surface area contributed by atoms with Gasteiger partial charge in [-0.05, 0) is 18.2 Å². The highest BCUT2D eigenvalue weighted by Gasteiger charge is 2.40. The second-order valence-electron chi connectivity index (χ2n) is 6.20. The Hall–Kier alpha value is -2.16. The van der Waals surface area contributed by atoms with Crippen LogP contribution in [-0.4, -0.2) is 54.4 Å². The molecule has 2 fully saturated rings. The standard InChI is InChI=1S/C17H20ClN5O3/c1-24-14-3-2-12(18)10-13(14)20-16-21-15(11-19-22-16)23-6-4-17(5-7-23)25-8-9-26-17/h2-3,10-11H,4-9H2,1H3,(H,20,21,22). The van der Waals surface area contributed by atoms with E-state index in [-0.39, 0.29) is 0 Å². The molecule has 0 radical (unpaired) electrons. The van der Waals surface area contributed by atoms with Crippen LogP contribution < -0.4 is 15.0 Å². The van der Waals surface area contributed by atoms with Crippen LogP contribution in [-0.2, 0) is 9.47 Å². The largest absolute Gasteiger partial charge is 0.495 e. The van der Waals surface area contributed by atoms with Crippen LogP contribution in [0.25, 0.3) is 0 Å². The van der Waals surface area contributed by atoms with Crippen molar-refractivity contribution in [2.24, 2.45) is 0 Å². The SMILES string of the molecule is COc1ccc(Cl)cc1Nc1nncc(N2CCC3(CC2)OCCO3)n1.